The minimum Gasteiger partial charge on any atom is -0.488 e. The van der Waals surface area contributed by atoms with Gasteiger partial charge >= 0.3 is 0 Å². The van der Waals surface area contributed by atoms with Gasteiger partial charge in [0.25, 0.3) is 0 Å². The predicted molar refractivity (Wildman–Crippen MR) is 69.7 cm³/mol. The Morgan fingerprint density at radius 3 is 2.83 bits per heavy atom. The second-order valence-corrected chi connectivity index (χ2v) is 4.68. The quantitative estimate of drug-likeness (QED) is 0.899. The zero-order valence-corrected chi connectivity index (χ0v) is 10.4. The van der Waals surface area contributed by atoms with Crippen LogP contribution in [0.4, 0.5) is 0 Å². The Bertz CT molecular complexity index is 574. The highest BCUT2D eigenvalue weighted by atomic mass is 35.5. The van der Waals surface area contributed by atoms with E-state index in [0.29, 0.717) is 11.6 Å². The van der Waals surface area contributed by atoms with Crippen LogP contribution >= 0.6 is 11.6 Å². The average molecular weight is 262 g/mol. The van der Waals surface area contributed by atoms with E-state index in [-0.39, 0.29) is 6.10 Å². The lowest BCUT2D eigenvalue weighted by atomic mass is 10.0. The van der Waals surface area contributed by atoms with Crippen molar-refractivity contribution < 1.29 is 4.74 Å². The van der Waals surface area contributed by atoms with Gasteiger partial charge in [0.2, 0.25) is 0 Å². The molecular weight excluding hydrogens is 250 g/mol. The molecule has 1 aliphatic rings. The van der Waals surface area contributed by atoms with Crippen LogP contribution in [0.15, 0.2) is 30.9 Å². The van der Waals surface area contributed by atoms with Gasteiger partial charge < -0.3 is 10.5 Å². The number of benzene rings is 1. The third-order valence-corrected chi connectivity index (χ3v) is 3.22. The Morgan fingerprint density at radius 2 is 2.11 bits per heavy atom. The van der Waals surface area contributed by atoms with Gasteiger partial charge in [-0.25, -0.2) is 9.97 Å². The first kappa shape index (κ1) is 11.4. The summed E-state index contributed by atoms with van der Waals surface area (Å²) in [7, 11) is 0. The number of fused-ring (bicyclic) bond motifs is 1. The second-order valence-electron chi connectivity index (χ2n) is 4.25. The maximum atomic E-state index is 6.14. The van der Waals surface area contributed by atoms with Gasteiger partial charge in [-0.1, -0.05) is 11.6 Å². The summed E-state index contributed by atoms with van der Waals surface area (Å²) in [5, 5.41) is 0.689. The molecule has 3 rings (SSSR count). The van der Waals surface area contributed by atoms with Crippen LogP contribution in [-0.4, -0.2) is 22.6 Å². The molecule has 1 aromatic heterocycles. The number of hydrogen-bond donors (Lipinski definition) is 1. The van der Waals surface area contributed by atoms with Crippen molar-refractivity contribution in [2.45, 2.75) is 12.5 Å². The molecule has 0 amide bonds. The Morgan fingerprint density at radius 1 is 1.33 bits per heavy atom. The van der Waals surface area contributed by atoms with E-state index in [9.17, 15) is 0 Å². The van der Waals surface area contributed by atoms with Crippen molar-refractivity contribution in [1.29, 1.82) is 0 Å². The summed E-state index contributed by atoms with van der Waals surface area (Å²) in [6.45, 7) is 0.497. The highest BCUT2D eigenvalue weighted by molar-refractivity contribution is 6.31. The average Bonchev–Trinajstić information content (AvgIpc) is 2.81. The lowest BCUT2D eigenvalue weighted by Crippen LogP contribution is -2.24. The Balaban J connectivity index is 2.12. The molecule has 2 N–H and O–H groups in total. The Labute approximate surface area is 110 Å². The second kappa shape index (κ2) is 4.55. The van der Waals surface area contributed by atoms with Gasteiger partial charge in [-0.05, 0) is 17.7 Å². The van der Waals surface area contributed by atoms with Crippen LogP contribution in [0.25, 0.3) is 11.1 Å². The highest BCUT2D eigenvalue weighted by Crippen LogP contribution is 2.40. The minimum atomic E-state index is 0.0295. The number of halogens is 1. The molecular formula is C13H12ClN3O. The van der Waals surface area contributed by atoms with E-state index in [0.717, 1.165) is 28.9 Å². The van der Waals surface area contributed by atoms with E-state index in [4.69, 9.17) is 22.1 Å². The van der Waals surface area contributed by atoms with Crippen molar-refractivity contribution in [3.63, 3.8) is 0 Å². The fourth-order valence-corrected chi connectivity index (χ4v) is 2.42. The van der Waals surface area contributed by atoms with Gasteiger partial charge in [-0.3, -0.25) is 0 Å². The summed E-state index contributed by atoms with van der Waals surface area (Å²) in [4.78, 5) is 8.04. The molecule has 5 heteroatoms. The van der Waals surface area contributed by atoms with E-state index in [1.54, 1.807) is 12.4 Å². The summed E-state index contributed by atoms with van der Waals surface area (Å²) in [6, 6.07) is 3.80. The number of nitrogens with zero attached hydrogens (tertiary/aromatic N) is 2. The molecule has 0 bridgehead atoms. The molecule has 1 aliphatic heterocycles. The Kier molecular flexibility index (Phi) is 2.89. The third kappa shape index (κ3) is 1.94. The molecule has 92 valence electrons. The van der Waals surface area contributed by atoms with Crippen LogP contribution in [0, 0.1) is 0 Å². The molecule has 2 heterocycles. The lowest BCUT2D eigenvalue weighted by molar-refractivity contribution is 0.242. The van der Waals surface area contributed by atoms with E-state index >= 15 is 0 Å². The fraction of sp³-hybridized carbons (Fsp3) is 0.231. The molecule has 1 aromatic carbocycles. The molecule has 0 spiro atoms. The Hall–Kier alpha value is -1.65. The van der Waals surface area contributed by atoms with Gasteiger partial charge in [-0.15, -0.1) is 0 Å². The molecule has 18 heavy (non-hydrogen) atoms. The molecule has 4 nitrogen and oxygen atoms in total. The zero-order valence-electron chi connectivity index (χ0n) is 9.64. The normalized spacial score (nSPS) is 17.3. The maximum Gasteiger partial charge on any atom is 0.131 e. The van der Waals surface area contributed by atoms with E-state index in [2.05, 4.69) is 9.97 Å². The predicted octanol–water partition coefficient (Wildman–Crippen LogP) is 2.06. The van der Waals surface area contributed by atoms with Gasteiger partial charge in [-0.2, -0.15) is 0 Å². The molecule has 0 saturated heterocycles. The van der Waals surface area contributed by atoms with E-state index in [1.807, 2.05) is 12.1 Å². The van der Waals surface area contributed by atoms with E-state index in [1.165, 1.54) is 6.33 Å². The molecule has 1 atom stereocenters. The summed E-state index contributed by atoms with van der Waals surface area (Å²) in [5.74, 6) is 0.852. The van der Waals surface area contributed by atoms with Crippen LogP contribution in [0.2, 0.25) is 5.02 Å². The molecule has 0 saturated carbocycles. The van der Waals surface area contributed by atoms with Crippen molar-refractivity contribution in [3.05, 3.63) is 41.4 Å². The van der Waals surface area contributed by atoms with Crippen LogP contribution in [0.3, 0.4) is 0 Å². The number of aromatic nitrogens is 2. The number of hydrogen-bond acceptors (Lipinski definition) is 4. The lowest BCUT2D eigenvalue weighted by Gasteiger charge is -2.10. The summed E-state index contributed by atoms with van der Waals surface area (Å²) in [5.41, 5.74) is 8.57. The van der Waals surface area contributed by atoms with Crippen molar-refractivity contribution in [2.24, 2.45) is 5.73 Å². The summed E-state index contributed by atoms with van der Waals surface area (Å²) < 4.78 is 5.86. The van der Waals surface area contributed by atoms with Crippen LogP contribution in [0.1, 0.15) is 5.56 Å². The van der Waals surface area contributed by atoms with Crippen LogP contribution < -0.4 is 10.5 Å². The van der Waals surface area contributed by atoms with Crippen molar-refractivity contribution >= 4 is 11.6 Å². The summed E-state index contributed by atoms with van der Waals surface area (Å²) in [6.07, 6.45) is 5.82. The largest absolute Gasteiger partial charge is 0.488 e. The van der Waals surface area contributed by atoms with E-state index < -0.39 is 0 Å². The first-order chi connectivity index (χ1) is 8.78. The molecule has 2 aromatic rings. The third-order valence-electron chi connectivity index (χ3n) is 3.00. The van der Waals surface area contributed by atoms with Crippen molar-refractivity contribution in [3.8, 4) is 16.9 Å². The van der Waals surface area contributed by atoms with Gasteiger partial charge in [0.1, 0.15) is 18.2 Å². The zero-order chi connectivity index (χ0) is 12.5. The van der Waals surface area contributed by atoms with Gasteiger partial charge in [0.05, 0.1) is 0 Å². The smallest absolute Gasteiger partial charge is 0.131 e. The van der Waals surface area contributed by atoms with Crippen molar-refractivity contribution in [1.82, 2.24) is 9.97 Å². The summed E-state index contributed by atoms with van der Waals surface area (Å²) >= 11 is 6.14. The highest BCUT2D eigenvalue weighted by Gasteiger charge is 2.25. The fourth-order valence-electron chi connectivity index (χ4n) is 2.18. The van der Waals surface area contributed by atoms with Crippen molar-refractivity contribution in [2.75, 3.05) is 6.54 Å². The molecule has 0 unspecified atom stereocenters. The first-order valence-electron chi connectivity index (χ1n) is 5.72. The van der Waals surface area contributed by atoms with Crippen LogP contribution in [-0.2, 0) is 6.42 Å². The maximum absolute atomic E-state index is 6.14. The topological polar surface area (TPSA) is 61.0 Å². The van der Waals surface area contributed by atoms with Crippen LogP contribution in [0.5, 0.6) is 5.75 Å². The minimum absolute atomic E-state index is 0.0295. The van der Waals surface area contributed by atoms with Gasteiger partial charge in [0, 0.05) is 41.5 Å². The standard InChI is InChI=1S/C13H12ClN3O/c14-10-1-8-2-11(4-15)18-13(8)12(3-10)9-5-16-7-17-6-9/h1,3,5-7,11H,2,4,15H2/t11-/m0/s1. The number of rotatable bonds is 2. The van der Waals surface area contributed by atoms with Gasteiger partial charge in [0.15, 0.2) is 0 Å². The first-order valence-corrected chi connectivity index (χ1v) is 6.10. The monoisotopic (exact) mass is 261 g/mol. The molecule has 0 radical (unpaired) electrons. The molecule has 0 aliphatic carbocycles. The SMILES string of the molecule is NC[C@@H]1Cc2cc(Cl)cc(-c3cncnc3)c2O1. The molecule has 0 fully saturated rings. The number of nitrogens with two attached hydrogens (primary N) is 1. The number of ether oxygens (including phenoxy) is 1.